The summed E-state index contributed by atoms with van der Waals surface area (Å²) < 4.78 is 0. The average molecular weight is 300 g/mol. The highest BCUT2D eigenvalue weighted by atomic mass is 35.5. The van der Waals surface area contributed by atoms with Gasteiger partial charge in [0.25, 0.3) is 0 Å². The van der Waals surface area contributed by atoms with E-state index in [1.165, 1.54) is 0 Å². The van der Waals surface area contributed by atoms with Crippen LogP contribution < -0.4 is 10.2 Å². The normalized spacial score (nSPS) is 18.1. The highest BCUT2D eigenvalue weighted by Crippen LogP contribution is 2.24. The quantitative estimate of drug-likeness (QED) is 0.865. The van der Waals surface area contributed by atoms with Crippen molar-refractivity contribution in [3.8, 4) is 0 Å². The second kappa shape index (κ2) is 7.04. The number of aromatic nitrogens is 3. The number of aliphatic hydroxyl groups is 1. The van der Waals surface area contributed by atoms with Gasteiger partial charge >= 0.3 is 0 Å². The predicted molar refractivity (Wildman–Crippen MR) is 80.2 cm³/mol. The van der Waals surface area contributed by atoms with Crippen LogP contribution in [0.25, 0.3) is 0 Å². The second-order valence-electron chi connectivity index (χ2n) is 5.22. The Balaban J connectivity index is 2.03. The minimum Gasteiger partial charge on any atom is -0.393 e. The molecule has 0 amide bonds. The molecule has 1 unspecified atom stereocenters. The average Bonchev–Trinajstić information content (AvgIpc) is 2.44. The number of nitrogens with one attached hydrogen (secondary N) is 1. The number of anilines is 2. The molecule has 0 spiro atoms. The number of aliphatic hydroxyl groups excluding tert-OH is 1. The predicted octanol–water partition coefficient (Wildman–Crippen LogP) is 1.94. The first kappa shape index (κ1) is 15.3. The van der Waals surface area contributed by atoms with Gasteiger partial charge in [0, 0.05) is 19.6 Å². The van der Waals surface area contributed by atoms with Crippen LogP contribution in [0.5, 0.6) is 0 Å². The van der Waals surface area contributed by atoms with Gasteiger partial charge in [0.1, 0.15) is 0 Å². The van der Waals surface area contributed by atoms with Gasteiger partial charge in [-0.2, -0.15) is 15.0 Å². The maximum absolute atomic E-state index is 9.63. The van der Waals surface area contributed by atoms with E-state index in [0.717, 1.165) is 38.9 Å². The summed E-state index contributed by atoms with van der Waals surface area (Å²) >= 11 is 5.96. The Morgan fingerprint density at radius 2 is 2.05 bits per heavy atom. The molecule has 0 aromatic carbocycles. The van der Waals surface area contributed by atoms with Crippen LogP contribution in [0.1, 0.15) is 33.1 Å². The number of halogens is 1. The maximum Gasteiger partial charge on any atom is 0.231 e. The van der Waals surface area contributed by atoms with Gasteiger partial charge in [-0.05, 0) is 43.7 Å². The van der Waals surface area contributed by atoms with Crippen LogP contribution in [0.2, 0.25) is 5.28 Å². The van der Waals surface area contributed by atoms with Gasteiger partial charge in [-0.15, -0.1) is 0 Å². The van der Waals surface area contributed by atoms with Crippen molar-refractivity contribution in [1.29, 1.82) is 0 Å². The minimum absolute atomic E-state index is 0.214. The Labute approximate surface area is 124 Å². The fourth-order valence-corrected chi connectivity index (χ4v) is 2.53. The summed E-state index contributed by atoms with van der Waals surface area (Å²) in [6.45, 7) is 6.42. The van der Waals surface area contributed by atoms with Crippen molar-refractivity contribution < 1.29 is 5.11 Å². The number of piperidine rings is 1. The molecule has 1 aliphatic rings. The standard InChI is InChI=1S/C13H22ClN5O/c1-3-6-15-12-16-11(14)17-13(18-12)19-7-4-10(5-8-19)9(2)20/h9-10,20H,3-8H2,1-2H3,(H,15,16,17,18). The van der Waals surface area contributed by atoms with Gasteiger partial charge in [0.05, 0.1) is 6.10 Å². The van der Waals surface area contributed by atoms with Crippen LogP contribution in [-0.4, -0.2) is 45.8 Å². The Morgan fingerprint density at radius 1 is 1.35 bits per heavy atom. The van der Waals surface area contributed by atoms with Crippen LogP contribution in [0.4, 0.5) is 11.9 Å². The van der Waals surface area contributed by atoms with Crippen molar-refractivity contribution in [3.63, 3.8) is 0 Å². The van der Waals surface area contributed by atoms with E-state index < -0.39 is 0 Å². The SMILES string of the molecule is CCCNc1nc(Cl)nc(N2CCC(C(C)O)CC2)n1. The van der Waals surface area contributed by atoms with Crippen LogP contribution in [0, 0.1) is 5.92 Å². The molecule has 112 valence electrons. The van der Waals surface area contributed by atoms with Gasteiger partial charge in [-0.3, -0.25) is 0 Å². The van der Waals surface area contributed by atoms with Crippen LogP contribution in [0.15, 0.2) is 0 Å². The van der Waals surface area contributed by atoms with Gasteiger partial charge in [0.2, 0.25) is 17.2 Å². The minimum atomic E-state index is -0.249. The van der Waals surface area contributed by atoms with Crippen molar-refractivity contribution in [1.82, 2.24) is 15.0 Å². The first-order valence-corrected chi connectivity index (χ1v) is 7.56. The van der Waals surface area contributed by atoms with Gasteiger partial charge in [0.15, 0.2) is 0 Å². The topological polar surface area (TPSA) is 74.2 Å². The molecule has 7 heteroatoms. The molecular weight excluding hydrogens is 278 g/mol. The summed E-state index contributed by atoms with van der Waals surface area (Å²) in [5, 5.41) is 13.0. The lowest BCUT2D eigenvalue weighted by Gasteiger charge is -2.33. The van der Waals surface area contributed by atoms with E-state index in [4.69, 9.17) is 11.6 Å². The number of hydrogen-bond donors (Lipinski definition) is 2. The van der Waals surface area contributed by atoms with Crippen LogP contribution in [-0.2, 0) is 0 Å². The molecule has 0 saturated carbocycles. The lowest BCUT2D eigenvalue weighted by molar-refractivity contribution is 0.109. The molecule has 0 aliphatic carbocycles. The third kappa shape index (κ3) is 3.93. The lowest BCUT2D eigenvalue weighted by Crippen LogP contribution is -2.38. The summed E-state index contributed by atoms with van der Waals surface area (Å²) in [6.07, 6.45) is 2.64. The lowest BCUT2D eigenvalue weighted by atomic mass is 9.92. The summed E-state index contributed by atoms with van der Waals surface area (Å²) in [5.41, 5.74) is 0. The van der Waals surface area contributed by atoms with E-state index in [0.29, 0.717) is 17.8 Å². The molecule has 1 saturated heterocycles. The molecular formula is C13H22ClN5O. The van der Waals surface area contributed by atoms with Crippen molar-refractivity contribution in [2.24, 2.45) is 5.92 Å². The molecule has 2 heterocycles. The molecule has 1 atom stereocenters. The van der Waals surface area contributed by atoms with E-state index >= 15 is 0 Å². The smallest absolute Gasteiger partial charge is 0.231 e. The second-order valence-corrected chi connectivity index (χ2v) is 5.56. The monoisotopic (exact) mass is 299 g/mol. The van der Waals surface area contributed by atoms with E-state index in [9.17, 15) is 5.11 Å². The summed E-state index contributed by atoms with van der Waals surface area (Å²) in [4.78, 5) is 14.8. The fourth-order valence-electron chi connectivity index (χ4n) is 2.38. The molecule has 0 radical (unpaired) electrons. The van der Waals surface area contributed by atoms with E-state index in [1.54, 1.807) is 0 Å². The Hall–Kier alpha value is -1.14. The third-order valence-corrected chi connectivity index (χ3v) is 3.80. The van der Waals surface area contributed by atoms with Gasteiger partial charge < -0.3 is 15.3 Å². The Kier molecular flexibility index (Phi) is 5.37. The van der Waals surface area contributed by atoms with Crippen molar-refractivity contribution in [3.05, 3.63) is 5.28 Å². The number of rotatable bonds is 5. The third-order valence-electron chi connectivity index (χ3n) is 3.63. The van der Waals surface area contributed by atoms with Crippen LogP contribution in [0.3, 0.4) is 0 Å². The molecule has 1 aromatic rings. The largest absolute Gasteiger partial charge is 0.393 e. The molecule has 2 rings (SSSR count). The van der Waals surface area contributed by atoms with E-state index in [1.807, 2.05) is 6.92 Å². The van der Waals surface area contributed by atoms with E-state index in [2.05, 4.69) is 32.1 Å². The molecule has 1 fully saturated rings. The van der Waals surface area contributed by atoms with Crippen molar-refractivity contribution in [2.45, 2.75) is 39.2 Å². The molecule has 1 aromatic heterocycles. The van der Waals surface area contributed by atoms with Gasteiger partial charge in [-0.1, -0.05) is 6.92 Å². The van der Waals surface area contributed by atoms with Crippen molar-refractivity contribution in [2.75, 3.05) is 29.9 Å². The maximum atomic E-state index is 9.63. The highest BCUT2D eigenvalue weighted by Gasteiger charge is 2.24. The number of hydrogen-bond acceptors (Lipinski definition) is 6. The zero-order valence-corrected chi connectivity index (χ0v) is 12.8. The van der Waals surface area contributed by atoms with Gasteiger partial charge in [-0.25, -0.2) is 0 Å². The summed E-state index contributed by atoms with van der Waals surface area (Å²) in [7, 11) is 0. The van der Waals surface area contributed by atoms with Crippen molar-refractivity contribution >= 4 is 23.5 Å². The number of nitrogens with zero attached hydrogens (tertiary/aromatic N) is 4. The molecule has 20 heavy (non-hydrogen) atoms. The first-order valence-electron chi connectivity index (χ1n) is 7.18. The molecule has 1 aliphatic heterocycles. The zero-order valence-electron chi connectivity index (χ0n) is 12.0. The first-order chi connectivity index (χ1) is 9.60. The Bertz CT molecular complexity index is 435. The summed E-state index contributed by atoms with van der Waals surface area (Å²) in [5.74, 6) is 1.51. The fraction of sp³-hybridized carbons (Fsp3) is 0.769. The molecule has 0 bridgehead atoms. The zero-order chi connectivity index (χ0) is 14.5. The molecule has 6 nitrogen and oxygen atoms in total. The van der Waals surface area contributed by atoms with E-state index in [-0.39, 0.29) is 11.4 Å². The Morgan fingerprint density at radius 3 is 2.65 bits per heavy atom. The summed E-state index contributed by atoms with van der Waals surface area (Å²) in [6, 6.07) is 0. The highest BCUT2D eigenvalue weighted by molar-refractivity contribution is 6.28. The molecule has 2 N–H and O–H groups in total. The van der Waals surface area contributed by atoms with Crippen LogP contribution >= 0.6 is 11.6 Å².